The van der Waals surface area contributed by atoms with Gasteiger partial charge in [0.15, 0.2) is 0 Å². The van der Waals surface area contributed by atoms with Crippen LogP contribution in [0.1, 0.15) is 19.3 Å². The molecule has 2 aliphatic rings. The van der Waals surface area contributed by atoms with Gasteiger partial charge in [-0.25, -0.2) is 0 Å². The second-order valence-electron chi connectivity index (χ2n) is 5.97. The third-order valence-electron chi connectivity index (χ3n) is 4.53. The highest BCUT2D eigenvalue weighted by atomic mass is 19.4. The van der Waals surface area contributed by atoms with E-state index in [-0.39, 0.29) is 23.6 Å². The summed E-state index contributed by atoms with van der Waals surface area (Å²) in [6, 6.07) is -0.144. The van der Waals surface area contributed by atoms with Crippen molar-refractivity contribution >= 4 is 11.6 Å². The molecule has 1 amide bonds. The molecule has 0 saturated heterocycles. The first-order valence-electron chi connectivity index (χ1n) is 6.99. The smallest absolute Gasteiger partial charge is 0.327 e. The third kappa shape index (κ3) is 2.90. The molecule has 0 radical (unpaired) electrons. The fourth-order valence-electron chi connectivity index (χ4n) is 3.65. The molecule has 2 fully saturated rings. The first-order chi connectivity index (χ1) is 9.83. The lowest BCUT2D eigenvalue weighted by molar-refractivity contribution is -0.142. The van der Waals surface area contributed by atoms with Gasteiger partial charge in [0, 0.05) is 12.2 Å². The molecule has 116 valence electrons. The fraction of sp³-hybridized carbons (Fsp3) is 0.692. The molecule has 1 aromatic heterocycles. The second-order valence-corrected chi connectivity index (χ2v) is 5.97. The van der Waals surface area contributed by atoms with Crippen LogP contribution in [0.4, 0.5) is 18.9 Å². The van der Waals surface area contributed by atoms with E-state index in [1.165, 1.54) is 12.4 Å². The second kappa shape index (κ2) is 5.01. The van der Waals surface area contributed by atoms with E-state index in [4.69, 9.17) is 5.73 Å². The van der Waals surface area contributed by atoms with Gasteiger partial charge in [-0.2, -0.15) is 18.3 Å². The minimum absolute atomic E-state index is 0.144. The Labute approximate surface area is 119 Å². The molecule has 21 heavy (non-hydrogen) atoms. The van der Waals surface area contributed by atoms with Crippen molar-refractivity contribution in [2.45, 2.75) is 38.0 Å². The van der Waals surface area contributed by atoms with Crippen molar-refractivity contribution in [1.82, 2.24) is 9.78 Å². The Balaban J connectivity index is 1.63. The first-order valence-corrected chi connectivity index (χ1v) is 6.99. The van der Waals surface area contributed by atoms with Gasteiger partial charge < -0.3 is 11.1 Å². The summed E-state index contributed by atoms with van der Waals surface area (Å²) < 4.78 is 37.5. The number of nitrogens with two attached hydrogens (primary N) is 1. The number of nitrogens with one attached hydrogen (secondary N) is 1. The van der Waals surface area contributed by atoms with Crippen molar-refractivity contribution in [2.75, 3.05) is 5.32 Å². The number of carbonyl (C=O) groups excluding carboxylic acids is 1. The lowest BCUT2D eigenvalue weighted by Crippen LogP contribution is -2.42. The number of amides is 1. The summed E-state index contributed by atoms with van der Waals surface area (Å²) in [6.07, 6.45) is 1.13. The molecule has 2 saturated carbocycles. The van der Waals surface area contributed by atoms with Gasteiger partial charge in [-0.05, 0) is 31.1 Å². The van der Waals surface area contributed by atoms with Crippen LogP contribution in [0.3, 0.4) is 0 Å². The monoisotopic (exact) mass is 302 g/mol. The normalized spacial score (nSPS) is 31.6. The number of alkyl halides is 3. The maximum atomic E-state index is 12.3. The minimum atomic E-state index is -4.33. The van der Waals surface area contributed by atoms with E-state index in [9.17, 15) is 18.0 Å². The van der Waals surface area contributed by atoms with Crippen LogP contribution < -0.4 is 11.1 Å². The Morgan fingerprint density at radius 2 is 2.14 bits per heavy atom. The lowest BCUT2D eigenvalue weighted by atomic mass is 9.84. The summed E-state index contributed by atoms with van der Waals surface area (Å²) in [5.74, 6) is 0.255. The SMILES string of the molecule is NC1C2CCC(C2)C1C(=O)Nc1cnn(CC(F)(F)F)c1. The summed E-state index contributed by atoms with van der Waals surface area (Å²) in [5, 5.41) is 6.23. The molecular weight excluding hydrogens is 285 g/mol. The van der Waals surface area contributed by atoms with Crippen molar-refractivity contribution in [3.8, 4) is 0 Å². The topological polar surface area (TPSA) is 72.9 Å². The standard InChI is InChI=1S/C13H17F3N4O/c14-13(15,16)6-20-5-9(4-18-20)19-12(21)10-7-1-2-8(3-7)11(10)17/h4-5,7-8,10-11H,1-3,6,17H2,(H,19,21). The number of halogens is 3. The highest BCUT2D eigenvalue weighted by molar-refractivity contribution is 5.93. The van der Waals surface area contributed by atoms with Crippen molar-refractivity contribution in [3.63, 3.8) is 0 Å². The first kappa shape index (κ1) is 14.4. The molecule has 1 aromatic rings. The van der Waals surface area contributed by atoms with Crippen LogP contribution in [0.15, 0.2) is 12.4 Å². The summed E-state index contributed by atoms with van der Waals surface area (Å²) in [7, 11) is 0. The van der Waals surface area contributed by atoms with Crippen LogP contribution in [-0.2, 0) is 11.3 Å². The molecule has 5 nitrogen and oxygen atoms in total. The number of anilines is 1. The number of nitrogens with zero attached hydrogens (tertiary/aromatic N) is 2. The van der Waals surface area contributed by atoms with Crippen molar-refractivity contribution in [2.24, 2.45) is 23.5 Å². The van der Waals surface area contributed by atoms with E-state index in [0.29, 0.717) is 11.8 Å². The molecule has 0 aliphatic heterocycles. The maximum absolute atomic E-state index is 12.3. The summed E-state index contributed by atoms with van der Waals surface area (Å²) in [4.78, 5) is 12.3. The van der Waals surface area contributed by atoms with Crippen LogP contribution >= 0.6 is 0 Å². The molecule has 3 N–H and O–H groups in total. The van der Waals surface area contributed by atoms with Gasteiger partial charge in [-0.15, -0.1) is 0 Å². The Bertz CT molecular complexity index is 540. The zero-order valence-electron chi connectivity index (χ0n) is 11.3. The van der Waals surface area contributed by atoms with E-state index in [1.807, 2.05) is 0 Å². The Morgan fingerprint density at radius 3 is 2.76 bits per heavy atom. The molecule has 4 unspecified atom stereocenters. The zero-order chi connectivity index (χ0) is 15.2. The van der Waals surface area contributed by atoms with Gasteiger partial charge >= 0.3 is 6.18 Å². The molecule has 2 bridgehead atoms. The highest BCUT2D eigenvalue weighted by Crippen LogP contribution is 2.47. The van der Waals surface area contributed by atoms with Crippen LogP contribution in [-0.4, -0.2) is 27.9 Å². The summed E-state index contributed by atoms with van der Waals surface area (Å²) >= 11 is 0. The Hall–Kier alpha value is -1.57. The number of aromatic nitrogens is 2. The van der Waals surface area contributed by atoms with Crippen LogP contribution in [0.25, 0.3) is 0 Å². The Morgan fingerprint density at radius 1 is 1.43 bits per heavy atom. The molecular formula is C13H17F3N4O. The summed E-state index contributed by atoms with van der Waals surface area (Å²) in [5.41, 5.74) is 6.35. The van der Waals surface area contributed by atoms with Gasteiger partial charge in [0.2, 0.25) is 5.91 Å². The average molecular weight is 302 g/mol. The third-order valence-corrected chi connectivity index (χ3v) is 4.53. The van der Waals surface area contributed by atoms with Crippen molar-refractivity contribution in [3.05, 3.63) is 12.4 Å². The van der Waals surface area contributed by atoms with E-state index in [2.05, 4.69) is 10.4 Å². The lowest BCUT2D eigenvalue weighted by Gasteiger charge is -2.26. The van der Waals surface area contributed by atoms with Crippen LogP contribution in [0.5, 0.6) is 0 Å². The largest absolute Gasteiger partial charge is 0.408 e. The molecule has 0 spiro atoms. The predicted molar refractivity (Wildman–Crippen MR) is 69.2 cm³/mol. The number of hydrogen-bond acceptors (Lipinski definition) is 3. The van der Waals surface area contributed by atoms with Crippen molar-refractivity contribution < 1.29 is 18.0 Å². The molecule has 0 aromatic carbocycles. The summed E-state index contributed by atoms with van der Waals surface area (Å²) in [6.45, 7) is -1.17. The van der Waals surface area contributed by atoms with Gasteiger partial charge in [-0.3, -0.25) is 9.48 Å². The van der Waals surface area contributed by atoms with E-state index < -0.39 is 12.7 Å². The number of rotatable bonds is 3. The molecule has 8 heteroatoms. The molecule has 1 heterocycles. The number of carbonyl (C=O) groups is 1. The maximum Gasteiger partial charge on any atom is 0.408 e. The van der Waals surface area contributed by atoms with Gasteiger partial charge in [0.25, 0.3) is 0 Å². The number of hydrogen-bond donors (Lipinski definition) is 2. The predicted octanol–water partition coefficient (Wildman–Crippen LogP) is 1.76. The Kier molecular flexibility index (Phi) is 3.43. The minimum Gasteiger partial charge on any atom is -0.327 e. The average Bonchev–Trinajstić information content (AvgIpc) is 3.03. The fourth-order valence-corrected chi connectivity index (χ4v) is 3.65. The molecule has 2 aliphatic carbocycles. The van der Waals surface area contributed by atoms with Crippen LogP contribution in [0, 0.1) is 17.8 Å². The zero-order valence-corrected chi connectivity index (χ0v) is 11.3. The van der Waals surface area contributed by atoms with Gasteiger partial charge in [0.05, 0.1) is 17.8 Å². The molecule has 3 rings (SSSR count). The highest BCUT2D eigenvalue weighted by Gasteiger charge is 2.49. The van der Waals surface area contributed by atoms with E-state index in [0.717, 1.165) is 23.9 Å². The quantitative estimate of drug-likeness (QED) is 0.893. The van der Waals surface area contributed by atoms with Gasteiger partial charge in [-0.1, -0.05) is 0 Å². The van der Waals surface area contributed by atoms with Crippen LogP contribution in [0.2, 0.25) is 0 Å². The van der Waals surface area contributed by atoms with Gasteiger partial charge in [0.1, 0.15) is 6.54 Å². The number of fused-ring (bicyclic) bond motifs is 2. The molecule has 4 atom stereocenters. The van der Waals surface area contributed by atoms with E-state index in [1.54, 1.807) is 0 Å². The van der Waals surface area contributed by atoms with Crippen molar-refractivity contribution in [1.29, 1.82) is 0 Å². The van der Waals surface area contributed by atoms with E-state index >= 15 is 0 Å².